The van der Waals surface area contributed by atoms with Gasteiger partial charge in [0.15, 0.2) is 12.1 Å². The van der Waals surface area contributed by atoms with Crippen molar-refractivity contribution in [1.82, 2.24) is 9.97 Å². The van der Waals surface area contributed by atoms with E-state index in [2.05, 4.69) is 9.97 Å². The van der Waals surface area contributed by atoms with Crippen LogP contribution in [0.4, 0.5) is 4.39 Å². The fraction of sp³-hybridized carbons (Fsp3) is 0. The minimum atomic E-state index is -0.619. The van der Waals surface area contributed by atoms with Crippen molar-refractivity contribution in [3.05, 3.63) is 48.3 Å². The normalized spacial score (nSPS) is 9.93. The van der Waals surface area contributed by atoms with Crippen molar-refractivity contribution < 1.29 is 9.18 Å². The van der Waals surface area contributed by atoms with E-state index in [9.17, 15) is 9.18 Å². The topological polar surface area (TPSA) is 42.9 Å². The van der Waals surface area contributed by atoms with Crippen LogP contribution in [0.5, 0.6) is 0 Å². The number of aldehydes is 1. The average molecular weight is 202 g/mol. The van der Waals surface area contributed by atoms with E-state index in [1.807, 2.05) is 0 Å². The summed E-state index contributed by atoms with van der Waals surface area (Å²) in [5.74, 6) is -0.619. The Morgan fingerprint density at radius 3 is 2.73 bits per heavy atom. The van der Waals surface area contributed by atoms with Gasteiger partial charge in [0.25, 0.3) is 0 Å². The summed E-state index contributed by atoms with van der Waals surface area (Å²) < 4.78 is 13.2. The van der Waals surface area contributed by atoms with Gasteiger partial charge in [0, 0.05) is 29.7 Å². The Morgan fingerprint density at radius 2 is 2.07 bits per heavy atom. The lowest BCUT2D eigenvalue weighted by Gasteiger charge is -2.03. The first kappa shape index (κ1) is 9.45. The minimum Gasteiger partial charge on any atom is -0.298 e. The summed E-state index contributed by atoms with van der Waals surface area (Å²) in [5, 5.41) is 0. The molecule has 0 aliphatic rings. The minimum absolute atomic E-state index is 0.0120. The Hall–Kier alpha value is -2.10. The molecule has 0 aromatic carbocycles. The molecule has 2 aromatic rings. The van der Waals surface area contributed by atoms with Crippen LogP contribution in [0.25, 0.3) is 11.1 Å². The van der Waals surface area contributed by atoms with Gasteiger partial charge in [0.05, 0.1) is 11.8 Å². The maximum absolute atomic E-state index is 13.2. The molecule has 0 saturated heterocycles. The molecule has 0 radical (unpaired) electrons. The lowest BCUT2D eigenvalue weighted by molar-refractivity contribution is 0.112. The van der Waals surface area contributed by atoms with Gasteiger partial charge in [-0.3, -0.25) is 14.8 Å². The van der Waals surface area contributed by atoms with Crippen molar-refractivity contribution >= 4 is 6.29 Å². The zero-order chi connectivity index (χ0) is 10.7. The molecule has 0 aliphatic carbocycles. The van der Waals surface area contributed by atoms with Gasteiger partial charge in [-0.2, -0.15) is 0 Å². The quantitative estimate of drug-likeness (QED) is 0.700. The van der Waals surface area contributed by atoms with Crippen LogP contribution in [0.1, 0.15) is 10.4 Å². The lowest BCUT2D eigenvalue weighted by atomic mass is 10.0. The van der Waals surface area contributed by atoms with Crippen LogP contribution in [0.3, 0.4) is 0 Å². The molecule has 0 N–H and O–H groups in total. The molecule has 2 aromatic heterocycles. The van der Waals surface area contributed by atoms with Gasteiger partial charge in [-0.05, 0) is 6.07 Å². The maximum atomic E-state index is 13.2. The summed E-state index contributed by atoms with van der Waals surface area (Å²) in [6.45, 7) is 0. The number of rotatable bonds is 2. The SMILES string of the molecule is O=Cc1c(F)cncc1-c1cccnc1. The Labute approximate surface area is 85.6 Å². The number of aromatic nitrogens is 2. The lowest BCUT2D eigenvalue weighted by Crippen LogP contribution is -1.94. The zero-order valence-electron chi connectivity index (χ0n) is 7.72. The van der Waals surface area contributed by atoms with Crippen molar-refractivity contribution in [1.29, 1.82) is 0 Å². The second-order valence-electron chi connectivity index (χ2n) is 2.94. The average Bonchev–Trinajstić information content (AvgIpc) is 2.30. The summed E-state index contributed by atoms with van der Waals surface area (Å²) >= 11 is 0. The van der Waals surface area contributed by atoms with E-state index in [0.29, 0.717) is 17.4 Å². The summed E-state index contributed by atoms with van der Waals surface area (Å²) in [6.07, 6.45) is 6.12. The highest BCUT2D eigenvalue weighted by Gasteiger charge is 2.09. The molecule has 15 heavy (non-hydrogen) atoms. The first-order chi connectivity index (χ1) is 7.33. The molecule has 2 rings (SSSR count). The number of nitrogens with zero attached hydrogens (tertiary/aromatic N) is 2. The van der Waals surface area contributed by atoms with Crippen molar-refractivity contribution in [3.63, 3.8) is 0 Å². The van der Waals surface area contributed by atoms with Gasteiger partial charge in [0.1, 0.15) is 0 Å². The molecule has 0 spiro atoms. The van der Waals surface area contributed by atoms with Gasteiger partial charge < -0.3 is 0 Å². The molecule has 2 heterocycles. The van der Waals surface area contributed by atoms with Gasteiger partial charge in [0.2, 0.25) is 0 Å². The van der Waals surface area contributed by atoms with E-state index < -0.39 is 5.82 Å². The van der Waals surface area contributed by atoms with E-state index in [4.69, 9.17) is 0 Å². The molecule has 0 fully saturated rings. The molecule has 0 atom stereocenters. The first-order valence-electron chi connectivity index (χ1n) is 4.32. The highest BCUT2D eigenvalue weighted by atomic mass is 19.1. The van der Waals surface area contributed by atoms with Crippen LogP contribution in [-0.2, 0) is 0 Å². The molecule has 0 bridgehead atoms. The highest BCUT2D eigenvalue weighted by molar-refractivity contribution is 5.87. The molecule has 74 valence electrons. The number of pyridine rings is 2. The summed E-state index contributed by atoms with van der Waals surface area (Å²) in [6, 6.07) is 3.46. The fourth-order valence-electron chi connectivity index (χ4n) is 1.32. The van der Waals surface area contributed by atoms with Crippen molar-refractivity contribution in [2.24, 2.45) is 0 Å². The zero-order valence-corrected chi connectivity index (χ0v) is 7.72. The van der Waals surface area contributed by atoms with Gasteiger partial charge in [-0.1, -0.05) is 6.07 Å². The van der Waals surface area contributed by atoms with E-state index >= 15 is 0 Å². The van der Waals surface area contributed by atoms with Crippen LogP contribution in [-0.4, -0.2) is 16.3 Å². The smallest absolute Gasteiger partial charge is 0.153 e. The standard InChI is InChI=1S/C11H7FN2O/c12-11-6-14-5-9(10(11)7-15)8-2-1-3-13-4-8/h1-7H. The number of hydrogen-bond acceptors (Lipinski definition) is 3. The Bertz CT molecular complexity index is 485. The second kappa shape index (κ2) is 3.96. The van der Waals surface area contributed by atoms with Gasteiger partial charge >= 0.3 is 0 Å². The van der Waals surface area contributed by atoms with Crippen LogP contribution >= 0.6 is 0 Å². The van der Waals surface area contributed by atoms with Gasteiger partial charge in [-0.15, -0.1) is 0 Å². The van der Waals surface area contributed by atoms with E-state index in [-0.39, 0.29) is 5.56 Å². The van der Waals surface area contributed by atoms with Crippen LogP contribution in [0, 0.1) is 5.82 Å². The third-order valence-electron chi connectivity index (χ3n) is 2.03. The van der Waals surface area contributed by atoms with Crippen molar-refractivity contribution in [2.45, 2.75) is 0 Å². The predicted molar refractivity (Wildman–Crippen MR) is 52.8 cm³/mol. The third kappa shape index (κ3) is 1.74. The number of carbonyl (C=O) groups is 1. The summed E-state index contributed by atoms with van der Waals surface area (Å²) in [7, 11) is 0. The predicted octanol–water partition coefficient (Wildman–Crippen LogP) is 2.10. The fourth-order valence-corrected chi connectivity index (χ4v) is 1.32. The Balaban J connectivity index is 2.63. The van der Waals surface area contributed by atoms with Gasteiger partial charge in [-0.25, -0.2) is 4.39 Å². The monoisotopic (exact) mass is 202 g/mol. The highest BCUT2D eigenvalue weighted by Crippen LogP contribution is 2.22. The summed E-state index contributed by atoms with van der Waals surface area (Å²) in [5.41, 5.74) is 1.14. The van der Waals surface area contributed by atoms with Crippen LogP contribution in [0.15, 0.2) is 36.9 Å². The molecule has 0 saturated carbocycles. The Morgan fingerprint density at radius 1 is 1.20 bits per heavy atom. The van der Waals surface area contributed by atoms with E-state index in [0.717, 1.165) is 6.20 Å². The maximum Gasteiger partial charge on any atom is 0.153 e. The molecular formula is C11H7FN2O. The number of carbonyl (C=O) groups excluding carboxylic acids is 1. The second-order valence-corrected chi connectivity index (χ2v) is 2.94. The van der Waals surface area contributed by atoms with Crippen LogP contribution < -0.4 is 0 Å². The Kier molecular flexibility index (Phi) is 2.49. The largest absolute Gasteiger partial charge is 0.298 e. The molecule has 0 unspecified atom stereocenters. The van der Waals surface area contributed by atoms with Crippen molar-refractivity contribution in [3.8, 4) is 11.1 Å². The van der Waals surface area contributed by atoms with Crippen molar-refractivity contribution in [2.75, 3.05) is 0 Å². The molecule has 0 amide bonds. The molecular weight excluding hydrogens is 195 g/mol. The summed E-state index contributed by atoms with van der Waals surface area (Å²) in [4.78, 5) is 18.3. The van der Waals surface area contributed by atoms with E-state index in [1.165, 1.54) is 6.20 Å². The number of halogens is 1. The third-order valence-corrected chi connectivity index (χ3v) is 2.03. The molecule has 4 heteroatoms. The molecule has 3 nitrogen and oxygen atoms in total. The first-order valence-corrected chi connectivity index (χ1v) is 4.32. The van der Waals surface area contributed by atoms with E-state index in [1.54, 1.807) is 24.5 Å². The van der Waals surface area contributed by atoms with Crippen LogP contribution in [0.2, 0.25) is 0 Å². The number of hydrogen-bond donors (Lipinski definition) is 0. The molecule has 0 aliphatic heterocycles.